The van der Waals surface area contributed by atoms with Gasteiger partial charge in [0, 0.05) is 57.5 Å². The van der Waals surface area contributed by atoms with Crippen LogP contribution in [0.25, 0.3) is 0 Å². The summed E-state index contributed by atoms with van der Waals surface area (Å²) in [5, 5.41) is 21.6. The number of anilines is 2. The Morgan fingerprint density at radius 1 is 0.761 bits per heavy atom. The number of alkyl halides is 3. The van der Waals surface area contributed by atoms with E-state index in [-0.39, 0.29) is 28.3 Å². The topological polar surface area (TPSA) is 149 Å². The fraction of sp³-hybridized carbons (Fsp3) is 0.458. The van der Waals surface area contributed by atoms with Gasteiger partial charge in [0.05, 0.1) is 43.0 Å². The van der Waals surface area contributed by atoms with E-state index < -0.39 is 38.6 Å². The van der Waals surface area contributed by atoms with Crippen LogP contribution in [0.4, 0.5) is 24.5 Å². The van der Waals surface area contributed by atoms with Crippen molar-refractivity contribution in [2.24, 2.45) is 5.92 Å². The van der Waals surface area contributed by atoms with E-state index in [0.717, 1.165) is 102 Å². The minimum atomic E-state index is -4.59. The van der Waals surface area contributed by atoms with E-state index in [4.69, 9.17) is 32.7 Å². The Morgan fingerprint density at radius 2 is 1.30 bits per heavy atom. The number of hydrogen-bond donors (Lipinski definition) is 3. The normalized spacial score (nSPS) is 14.3. The number of carboxylic acids is 2. The van der Waals surface area contributed by atoms with E-state index in [9.17, 15) is 41.4 Å². The van der Waals surface area contributed by atoms with Crippen LogP contribution in [0.2, 0.25) is 10.0 Å². The van der Waals surface area contributed by atoms with Crippen LogP contribution < -0.4 is 24.0 Å². The van der Waals surface area contributed by atoms with Gasteiger partial charge in [0.1, 0.15) is 27.9 Å². The van der Waals surface area contributed by atoms with E-state index in [1.54, 1.807) is 24.3 Å². The van der Waals surface area contributed by atoms with Gasteiger partial charge in [-0.1, -0.05) is 69.7 Å². The molecule has 5 rings (SSSR count). The molecule has 1 atom stereocenters. The molecular weight excluding hydrogens is 953 g/mol. The molecule has 0 aromatic heterocycles. The molecule has 366 valence electrons. The minimum Gasteiger partial charge on any atom is -0.478 e. The fourth-order valence-corrected chi connectivity index (χ4v) is 10.0. The lowest BCUT2D eigenvalue weighted by Crippen LogP contribution is -2.28. The van der Waals surface area contributed by atoms with E-state index in [0.29, 0.717) is 77.1 Å². The highest BCUT2D eigenvalue weighted by atomic mass is 35.5. The van der Waals surface area contributed by atoms with Crippen molar-refractivity contribution >= 4 is 68.5 Å². The minimum absolute atomic E-state index is 0.0653. The first-order valence-electron chi connectivity index (χ1n) is 22.6. The standard InChI is InChI=1S/C48H59Cl2F3N4O8S2/c1-5-8-21-55(22-9-6-2)40-29-42(65-35-18-19-38(49)39(50)26-35)44(27-36(40)46(58)59)66-57-25-20-32(31-57)13-11-12-24-56(23-10-7-3)41-30-43(45(67(62,63)54-4)28-37(41)47(60)61)64-34-16-14-33(15-17-34)48(51,52)53/h14-19,26-30,32,54H,5-13,20-25,31H2,1-4H3,(H,58,59)(H,60,61). The van der Waals surface area contributed by atoms with Crippen molar-refractivity contribution < 1.29 is 50.9 Å². The van der Waals surface area contributed by atoms with Crippen molar-refractivity contribution in [1.82, 2.24) is 9.03 Å². The summed E-state index contributed by atoms with van der Waals surface area (Å²) in [7, 11) is -3.11. The Hall–Kier alpha value is -4.39. The summed E-state index contributed by atoms with van der Waals surface area (Å²) in [5.74, 6) is -1.40. The Morgan fingerprint density at radius 3 is 1.84 bits per heavy atom. The molecule has 4 aromatic carbocycles. The lowest BCUT2D eigenvalue weighted by Gasteiger charge is -2.28. The lowest BCUT2D eigenvalue weighted by atomic mass is 10.0. The summed E-state index contributed by atoms with van der Waals surface area (Å²) in [6, 6.07) is 14.7. The molecule has 1 aliphatic heterocycles. The first-order valence-corrected chi connectivity index (χ1v) is 25.6. The van der Waals surface area contributed by atoms with E-state index >= 15 is 0 Å². The zero-order valence-electron chi connectivity index (χ0n) is 38.1. The summed E-state index contributed by atoms with van der Waals surface area (Å²) in [6.07, 6.45) is 3.85. The third kappa shape index (κ3) is 14.8. The third-order valence-electron chi connectivity index (χ3n) is 11.5. The average Bonchev–Trinajstić information content (AvgIpc) is 3.74. The molecule has 1 unspecified atom stereocenters. The molecule has 67 heavy (non-hydrogen) atoms. The highest BCUT2D eigenvalue weighted by Crippen LogP contribution is 2.43. The number of aromatic carboxylic acids is 2. The summed E-state index contributed by atoms with van der Waals surface area (Å²) in [5.41, 5.74) is -0.151. The van der Waals surface area contributed by atoms with Crippen molar-refractivity contribution in [3.63, 3.8) is 0 Å². The quantitative estimate of drug-likeness (QED) is 0.0406. The summed E-state index contributed by atoms with van der Waals surface area (Å²) in [4.78, 5) is 29.7. The van der Waals surface area contributed by atoms with Gasteiger partial charge in [-0.05, 0) is 112 Å². The van der Waals surface area contributed by atoms with Gasteiger partial charge < -0.3 is 29.5 Å². The van der Waals surface area contributed by atoms with Crippen LogP contribution in [0.1, 0.15) is 111 Å². The number of nitrogens with zero attached hydrogens (tertiary/aromatic N) is 3. The van der Waals surface area contributed by atoms with Gasteiger partial charge >= 0.3 is 18.1 Å². The maximum atomic E-state index is 13.3. The Kier molecular flexibility index (Phi) is 19.8. The lowest BCUT2D eigenvalue weighted by molar-refractivity contribution is -0.137. The first kappa shape index (κ1) is 53.6. The average molecular weight is 1010 g/mol. The first-order chi connectivity index (χ1) is 31.9. The maximum absolute atomic E-state index is 13.3. The Labute approximate surface area is 405 Å². The number of halogens is 5. The van der Waals surface area contributed by atoms with Crippen LogP contribution in [0.5, 0.6) is 23.0 Å². The predicted molar refractivity (Wildman–Crippen MR) is 260 cm³/mol. The summed E-state index contributed by atoms with van der Waals surface area (Å²) < 4.78 is 82.9. The molecule has 1 aliphatic rings. The molecule has 1 saturated heterocycles. The largest absolute Gasteiger partial charge is 0.478 e. The number of sulfonamides is 1. The summed E-state index contributed by atoms with van der Waals surface area (Å²) >= 11 is 14.0. The van der Waals surface area contributed by atoms with Crippen molar-refractivity contribution in [2.75, 3.05) is 56.1 Å². The van der Waals surface area contributed by atoms with Crippen molar-refractivity contribution in [2.45, 2.75) is 101 Å². The van der Waals surface area contributed by atoms with E-state index in [1.807, 2.05) is 17.9 Å². The molecule has 19 heteroatoms. The van der Waals surface area contributed by atoms with Crippen molar-refractivity contribution in [3.8, 4) is 23.0 Å². The Balaban J connectivity index is 1.34. The van der Waals surface area contributed by atoms with Crippen LogP contribution in [0.15, 0.2) is 76.5 Å². The second-order valence-electron chi connectivity index (χ2n) is 16.4. The second-order valence-corrected chi connectivity index (χ2v) is 20.2. The molecule has 0 spiro atoms. The van der Waals surface area contributed by atoms with Crippen LogP contribution in [0.3, 0.4) is 0 Å². The molecule has 3 N–H and O–H groups in total. The highest BCUT2D eigenvalue weighted by Gasteiger charge is 2.32. The number of hydrogen-bond acceptors (Lipinski definition) is 10. The number of carboxylic acid groups (broad SMARTS) is 2. The molecule has 12 nitrogen and oxygen atoms in total. The third-order valence-corrected chi connectivity index (χ3v) is 14.7. The molecule has 0 amide bonds. The van der Waals surface area contributed by atoms with E-state index in [1.165, 1.54) is 18.0 Å². The molecule has 0 aliphatic carbocycles. The van der Waals surface area contributed by atoms with Gasteiger partial charge in [0.2, 0.25) is 10.0 Å². The van der Waals surface area contributed by atoms with Crippen molar-refractivity contribution in [3.05, 3.63) is 93.5 Å². The molecular formula is C48H59Cl2F3N4O8S2. The van der Waals surface area contributed by atoms with Gasteiger partial charge in [-0.25, -0.2) is 27.0 Å². The van der Waals surface area contributed by atoms with Gasteiger partial charge in [-0.15, -0.1) is 0 Å². The number of ether oxygens (including phenoxy) is 2. The molecule has 1 heterocycles. The number of rotatable bonds is 26. The number of benzene rings is 4. The maximum Gasteiger partial charge on any atom is 0.416 e. The van der Waals surface area contributed by atoms with Crippen LogP contribution in [-0.2, 0) is 16.2 Å². The summed E-state index contributed by atoms with van der Waals surface area (Å²) in [6.45, 7) is 9.99. The van der Waals surface area contributed by atoms with Gasteiger partial charge in [-0.3, -0.25) is 0 Å². The molecule has 0 bridgehead atoms. The molecule has 0 radical (unpaired) electrons. The SMILES string of the molecule is CCCCN(CCCC)c1cc(Oc2ccc(Cl)c(Cl)c2)c(SN2CCC(CCCCN(CCCC)c3cc(Oc4ccc(C(F)(F)F)cc4)c(S(=O)(=O)NC)cc3C(=O)O)C2)cc1C(=O)O. The molecule has 1 fully saturated rings. The van der Waals surface area contributed by atoms with Gasteiger partial charge in [0.25, 0.3) is 0 Å². The fourth-order valence-electron chi connectivity index (χ4n) is 7.76. The number of unbranched alkanes of at least 4 members (excludes halogenated alkanes) is 4. The zero-order valence-corrected chi connectivity index (χ0v) is 41.3. The Bertz CT molecular complexity index is 2420. The molecule has 0 saturated carbocycles. The van der Waals surface area contributed by atoms with E-state index in [2.05, 4.69) is 27.8 Å². The predicted octanol–water partition coefficient (Wildman–Crippen LogP) is 13.1. The van der Waals surface area contributed by atoms with Crippen molar-refractivity contribution in [1.29, 1.82) is 0 Å². The van der Waals surface area contributed by atoms with Crippen LogP contribution in [0, 0.1) is 5.92 Å². The van der Waals surface area contributed by atoms with Gasteiger partial charge in [0.15, 0.2) is 0 Å². The monoisotopic (exact) mass is 1010 g/mol. The second kappa shape index (κ2) is 24.8. The van der Waals surface area contributed by atoms with Crippen LogP contribution >= 0.6 is 35.1 Å². The molecule has 4 aromatic rings. The number of nitrogens with one attached hydrogen (secondary N) is 1. The van der Waals surface area contributed by atoms with Crippen LogP contribution in [-0.4, -0.2) is 81.2 Å². The smallest absolute Gasteiger partial charge is 0.416 e. The zero-order chi connectivity index (χ0) is 48.9. The van der Waals surface area contributed by atoms with Gasteiger partial charge in [-0.2, -0.15) is 13.2 Å². The highest BCUT2D eigenvalue weighted by molar-refractivity contribution is 7.97. The number of carbonyl (C=O) groups is 2.